The molecule has 9 heteroatoms. The summed E-state index contributed by atoms with van der Waals surface area (Å²) in [6.07, 6.45) is -1.56. The van der Waals surface area contributed by atoms with Crippen molar-refractivity contribution in [3.8, 4) is 17.2 Å². The standard InChI is InChI=1S/C20H20BrNO2.C2HF3O2/c21-18-11-17(23-16-4-2-1-3-5-16)10-14-12-20(24-19(14)18)13-22-8-6-15(20)7-9-22;3-2(4,5)1(6)7/h1-5,10-11,15H,6-9,12-13H2;(H,6,7). The molecule has 1 atom stereocenters. The largest absolute Gasteiger partial charge is 0.490 e. The van der Waals surface area contributed by atoms with Gasteiger partial charge in [-0.25, -0.2) is 4.79 Å². The number of piperidine rings is 3. The van der Waals surface area contributed by atoms with Crippen LogP contribution in [0.25, 0.3) is 0 Å². The van der Waals surface area contributed by atoms with Crippen molar-refractivity contribution in [2.24, 2.45) is 5.92 Å². The number of hydrogen-bond donors (Lipinski definition) is 1. The number of benzene rings is 2. The summed E-state index contributed by atoms with van der Waals surface area (Å²) in [5, 5.41) is 7.12. The maximum absolute atomic E-state index is 10.6. The van der Waals surface area contributed by atoms with Crippen molar-refractivity contribution in [1.82, 2.24) is 4.90 Å². The van der Waals surface area contributed by atoms with Crippen LogP contribution in [0.3, 0.4) is 0 Å². The molecule has 2 bridgehead atoms. The molecule has 4 aliphatic heterocycles. The molecule has 4 heterocycles. The zero-order valence-electron chi connectivity index (χ0n) is 16.5. The smallest absolute Gasteiger partial charge is 0.484 e. The Morgan fingerprint density at radius 2 is 1.81 bits per heavy atom. The molecule has 0 aliphatic carbocycles. The summed E-state index contributed by atoms with van der Waals surface area (Å²) in [6.45, 7) is 3.53. The minimum Gasteiger partial charge on any atom is -0.484 e. The van der Waals surface area contributed by atoms with E-state index in [9.17, 15) is 13.2 Å². The number of carboxylic acids is 1. The van der Waals surface area contributed by atoms with Gasteiger partial charge in [-0.15, -0.1) is 0 Å². The Hall–Kier alpha value is -2.26. The van der Waals surface area contributed by atoms with Crippen LogP contribution in [0.4, 0.5) is 13.2 Å². The molecular formula is C22H21BrF3NO4. The van der Waals surface area contributed by atoms with Crippen LogP contribution < -0.4 is 9.47 Å². The van der Waals surface area contributed by atoms with Crippen molar-refractivity contribution in [1.29, 1.82) is 0 Å². The number of carbonyl (C=O) groups is 1. The average Bonchev–Trinajstić information content (AvgIpc) is 3.07. The van der Waals surface area contributed by atoms with Gasteiger partial charge in [-0.2, -0.15) is 13.2 Å². The lowest BCUT2D eigenvalue weighted by molar-refractivity contribution is -0.192. The first-order valence-electron chi connectivity index (χ1n) is 9.93. The zero-order valence-corrected chi connectivity index (χ0v) is 18.1. The van der Waals surface area contributed by atoms with Crippen LogP contribution in [0.5, 0.6) is 17.2 Å². The minimum atomic E-state index is -5.08. The molecule has 5 nitrogen and oxygen atoms in total. The van der Waals surface area contributed by atoms with Crippen LogP contribution in [0, 0.1) is 5.92 Å². The first kappa shape index (κ1) is 22.0. The molecular weight excluding hydrogens is 479 g/mol. The highest BCUT2D eigenvalue weighted by molar-refractivity contribution is 9.10. The first-order valence-corrected chi connectivity index (χ1v) is 10.7. The summed E-state index contributed by atoms with van der Waals surface area (Å²) in [7, 11) is 0. The normalized spacial score (nSPS) is 25.9. The van der Waals surface area contributed by atoms with E-state index >= 15 is 0 Å². The monoisotopic (exact) mass is 499 g/mol. The van der Waals surface area contributed by atoms with Crippen molar-refractivity contribution in [2.45, 2.75) is 31.0 Å². The number of nitrogens with zero attached hydrogens (tertiary/aromatic N) is 1. The van der Waals surface area contributed by atoms with Gasteiger partial charge in [0.2, 0.25) is 0 Å². The minimum absolute atomic E-state index is 0.0211. The third-order valence-electron chi connectivity index (χ3n) is 5.93. The molecule has 31 heavy (non-hydrogen) atoms. The number of hydrogen-bond acceptors (Lipinski definition) is 4. The first-order chi connectivity index (χ1) is 14.7. The number of rotatable bonds is 2. The van der Waals surface area contributed by atoms with Gasteiger partial charge in [0, 0.05) is 24.4 Å². The highest BCUT2D eigenvalue weighted by atomic mass is 79.9. The van der Waals surface area contributed by atoms with Gasteiger partial charge in [-0.1, -0.05) is 18.2 Å². The SMILES string of the molecule is Brc1cc(Oc2ccccc2)cc2c1OC1(C2)CN2CCC1CC2.O=C(O)C(F)(F)F. The Morgan fingerprint density at radius 1 is 1.16 bits per heavy atom. The van der Waals surface area contributed by atoms with Crippen LogP contribution in [0.2, 0.25) is 0 Å². The molecule has 4 aliphatic rings. The lowest BCUT2D eigenvalue weighted by Crippen LogP contribution is -2.61. The molecule has 1 unspecified atom stereocenters. The van der Waals surface area contributed by atoms with E-state index in [4.69, 9.17) is 19.4 Å². The fraction of sp³-hybridized carbons (Fsp3) is 0.409. The highest BCUT2D eigenvalue weighted by Crippen LogP contribution is 2.50. The molecule has 166 valence electrons. The van der Waals surface area contributed by atoms with Gasteiger partial charge in [-0.3, -0.25) is 4.90 Å². The van der Waals surface area contributed by atoms with Crippen LogP contribution in [-0.4, -0.2) is 47.4 Å². The summed E-state index contributed by atoms with van der Waals surface area (Å²) in [4.78, 5) is 11.5. The van der Waals surface area contributed by atoms with E-state index in [1.165, 1.54) is 31.5 Å². The number of aliphatic carboxylic acids is 1. The second-order valence-corrected chi connectivity index (χ2v) is 8.86. The van der Waals surface area contributed by atoms with Gasteiger partial charge in [0.25, 0.3) is 0 Å². The lowest BCUT2D eigenvalue weighted by atomic mass is 9.73. The summed E-state index contributed by atoms with van der Waals surface area (Å²) < 4.78 is 45.3. The van der Waals surface area contributed by atoms with Crippen molar-refractivity contribution in [3.05, 3.63) is 52.5 Å². The van der Waals surface area contributed by atoms with Gasteiger partial charge < -0.3 is 14.6 Å². The van der Waals surface area contributed by atoms with Gasteiger partial charge in [0.05, 0.1) is 4.47 Å². The molecule has 1 N–H and O–H groups in total. The molecule has 6 rings (SSSR count). The van der Waals surface area contributed by atoms with Crippen molar-refractivity contribution in [3.63, 3.8) is 0 Å². The van der Waals surface area contributed by atoms with Crippen molar-refractivity contribution < 1.29 is 32.5 Å². The van der Waals surface area contributed by atoms with Gasteiger partial charge in [0.1, 0.15) is 22.8 Å². The quantitative estimate of drug-likeness (QED) is 0.609. The molecule has 0 aromatic heterocycles. The van der Waals surface area contributed by atoms with Crippen LogP contribution in [0.15, 0.2) is 46.9 Å². The molecule has 3 fully saturated rings. The lowest BCUT2D eigenvalue weighted by Gasteiger charge is -2.50. The topological polar surface area (TPSA) is 59.0 Å². The van der Waals surface area contributed by atoms with E-state index in [1.54, 1.807) is 0 Å². The Balaban J connectivity index is 0.000000289. The van der Waals surface area contributed by atoms with Crippen molar-refractivity contribution in [2.75, 3.05) is 19.6 Å². The molecule has 2 aromatic rings. The highest BCUT2D eigenvalue weighted by Gasteiger charge is 2.52. The Morgan fingerprint density at radius 3 is 2.35 bits per heavy atom. The summed E-state index contributed by atoms with van der Waals surface area (Å²) in [5.74, 6) is 0.673. The number of carboxylic acid groups (broad SMARTS) is 1. The Bertz CT molecular complexity index is 961. The molecule has 0 amide bonds. The predicted molar refractivity (Wildman–Crippen MR) is 111 cm³/mol. The van der Waals surface area contributed by atoms with Gasteiger partial charge >= 0.3 is 12.1 Å². The molecule has 0 saturated carbocycles. The van der Waals surface area contributed by atoms with E-state index in [0.29, 0.717) is 5.92 Å². The number of alkyl halides is 3. The Kier molecular flexibility index (Phi) is 5.91. The third kappa shape index (κ3) is 4.67. The third-order valence-corrected chi connectivity index (χ3v) is 6.52. The summed E-state index contributed by atoms with van der Waals surface area (Å²) >= 11 is 3.70. The van der Waals surface area contributed by atoms with E-state index < -0.39 is 12.1 Å². The maximum Gasteiger partial charge on any atom is 0.490 e. The summed E-state index contributed by atoms with van der Waals surface area (Å²) in [6, 6.07) is 14.1. The zero-order chi connectivity index (χ0) is 22.2. The second-order valence-electron chi connectivity index (χ2n) is 8.01. The van der Waals surface area contributed by atoms with Crippen molar-refractivity contribution >= 4 is 21.9 Å². The Labute approximate surface area is 185 Å². The van der Waals surface area contributed by atoms with E-state index in [1.807, 2.05) is 36.4 Å². The van der Waals surface area contributed by atoms with Crippen LogP contribution in [-0.2, 0) is 11.2 Å². The number of halogens is 4. The van der Waals surface area contributed by atoms with E-state index in [0.717, 1.165) is 34.7 Å². The van der Waals surface area contributed by atoms with Gasteiger partial charge in [-0.05, 0) is 66.1 Å². The van der Waals surface area contributed by atoms with Gasteiger partial charge in [0.15, 0.2) is 0 Å². The maximum atomic E-state index is 10.6. The van der Waals surface area contributed by atoms with Crippen LogP contribution in [0.1, 0.15) is 18.4 Å². The summed E-state index contributed by atoms with van der Waals surface area (Å²) in [5.41, 5.74) is 1.25. The van der Waals surface area contributed by atoms with E-state index in [-0.39, 0.29) is 5.60 Å². The van der Waals surface area contributed by atoms with E-state index in [2.05, 4.69) is 26.9 Å². The fourth-order valence-corrected chi connectivity index (χ4v) is 5.12. The molecule has 0 radical (unpaired) electrons. The predicted octanol–water partition coefficient (Wildman–Crippen LogP) is 5.27. The number of fused-ring (bicyclic) bond motifs is 3. The fourth-order valence-electron chi connectivity index (χ4n) is 4.55. The number of ether oxygens (including phenoxy) is 2. The molecule has 3 saturated heterocycles. The molecule has 2 aromatic carbocycles. The second kappa shape index (κ2) is 8.35. The molecule has 1 spiro atoms. The number of para-hydroxylation sites is 1. The average molecular weight is 500 g/mol. The van der Waals surface area contributed by atoms with Crippen LogP contribution >= 0.6 is 15.9 Å².